The number of aromatic nitrogens is 1. The van der Waals surface area contributed by atoms with Crippen LogP contribution in [0.3, 0.4) is 0 Å². The Morgan fingerprint density at radius 2 is 1.96 bits per heavy atom. The van der Waals surface area contributed by atoms with Gasteiger partial charge in [0.15, 0.2) is 0 Å². The fraction of sp³-hybridized carbons (Fsp3) is 0.222. The molecule has 0 atom stereocenters. The Hall–Kier alpha value is -2.58. The highest BCUT2D eigenvalue weighted by atomic mass is 32.1. The van der Waals surface area contributed by atoms with Gasteiger partial charge in [-0.1, -0.05) is 12.1 Å². The Kier molecular flexibility index (Phi) is 5.75. The van der Waals surface area contributed by atoms with E-state index >= 15 is 0 Å². The molecule has 0 aliphatic rings. The Morgan fingerprint density at radius 1 is 1.23 bits per heavy atom. The third-order valence-corrected chi connectivity index (χ3v) is 4.54. The second-order valence-electron chi connectivity index (χ2n) is 5.70. The van der Waals surface area contributed by atoms with Crippen LogP contribution in [-0.2, 0) is 11.3 Å². The van der Waals surface area contributed by atoms with E-state index in [1.807, 2.05) is 36.2 Å². The highest BCUT2D eigenvalue weighted by Gasteiger charge is 2.11. The molecule has 0 fully saturated rings. The second-order valence-corrected chi connectivity index (χ2v) is 6.81. The first kappa shape index (κ1) is 18.2. The number of thiazole rings is 1. The first-order chi connectivity index (χ1) is 12.5. The summed E-state index contributed by atoms with van der Waals surface area (Å²) in [5.74, 6) is -0.151. The highest BCUT2D eigenvalue weighted by molar-refractivity contribution is 7.18. The molecule has 0 radical (unpaired) electrons. The van der Waals surface area contributed by atoms with Crippen LogP contribution in [0.5, 0.6) is 5.75 Å². The average Bonchev–Trinajstić information content (AvgIpc) is 2.98. The number of alkyl halides is 2. The number of amides is 1. The van der Waals surface area contributed by atoms with Gasteiger partial charge in [0.2, 0.25) is 5.91 Å². The van der Waals surface area contributed by atoms with E-state index in [-0.39, 0.29) is 18.2 Å². The van der Waals surface area contributed by atoms with Crippen molar-refractivity contribution in [2.75, 3.05) is 18.9 Å². The molecule has 0 saturated heterocycles. The van der Waals surface area contributed by atoms with E-state index in [4.69, 9.17) is 0 Å². The lowest BCUT2D eigenvalue weighted by molar-refractivity contribution is -0.117. The van der Waals surface area contributed by atoms with Gasteiger partial charge in [0.05, 0.1) is 23.3 Å². The van der Waals surface area contributed by atoms with Gasteiger partial charge in [0.25, 0.3) is 0 Å². The Labute approximate surface area is 153 Å². The molecule has 0 aliphatic carbocycles. The predicted molar refractivity (Wildman–Crippen MR) is 97.7 cm³/mol. The van der Waals surface area contributed by atoms with Crippen LogP contribution in [0.1, 0.15) is 5.01 Å². The zero-order valence-electron chi connectivity index (χ0n) is 14.0. The molecule has 0 unspecified atom stereocenters. The third kappa shape index (κ3) is 4.96. The summed E-state index contributed by atoms with van der Waals surface area (Å²) in [7, 11) is 1.84. The van der Waals surface area contributed by atoms with Crippen molar-refractivity contribution in [2.24, 2.45) is 0 Å². The van der Waals surface area contributed by atoms with Gasteiger partial charge in [-0.05, 0) is 43.4 Å². The standard InChI is InChI=1S/C18H17F2N3O2S/c1-23(11-17-22-14-4-2-3-5-15(14)26-17)10-16(24)21-12-6-8-13(9-7-12)25-18(19)20/h2-9,18H,10-11H2,1H3,(H,21,24). The number of carbonyl (C=O) groups is 1. The average molecular weight is 377 g/mol. The van der Waals surface area contributed by atoms with E-state index in [1.54, 1.807) is 11.3 Å². The highest BCUT2D eigenvalue weighted by Crippen LogP contribution is 2.22. The van der Waals surface area contributed by atoms with Crippen LogP contribution in [0.15, 0.2) is 48.5 Å². The van der Waals surface area contributed by atoms with Crippen LogP contribution in [0, 0.1) is 0 Å². The number of fused-ring (bicyclic) bond motifs is 1. The number of nitrogens with one attached hydrogen (secondary N) is 1. The summed E-state index contributed by atoms with van der Waals surface area (Å²) in [5, 5.41) is 3.66. The van der Waals surface area contributed by atoms with Crippen molar-refractivity contribution in [3.8, 4) is 5.75 Å². The van der Waals surface area contributed by atoms with E-state index in [2.05, 4.69) is 15.0 Å². The third-order valence-electron chi connectivity index (χ3n) is 3.52. The molecule has 5 nitrogen and oxygen atoms in total. The maximum Gasteiger partial charge on any atom is 0.387 e. The first-order valence-electron chi connectivity index (χ1n) is 7.87. The minimum absolute atomic E-state index is 0.0472. The minimum atomic E-state index is -2.87. The maximum atomic E-state index is 12.1. The zero-order chi connectivity index (χ0) is 18.5. The molecule has 3 rings (SSSR count). The number of rotatable bonds is 7. The normalized spacial score (nSPS) is 11.3. The summed E-state index contributed by atoms with van der Waals surface area (Å²) >= 11 is 1.60. The largest absolute Gasteiger partial charge is 0.435 e. The Balaban J connectivity index is 1.52. The molecule has 2 aromatic carbocycles. The van der Waals surface area contributed by atoms with Crippen LogP contribution in [-0.4, -0.2) is 36.0 Å². The monoisotopic (exact) mass is 377 g/mol. The molecular weight excluding hydrogens is 360 g/mol. The molecule has 0 saturated carbocycles. The lowest BCUT2D eigenvalue weighted by Crippen LogP contribution is -2.29. The molecule has 3 aromatic rings. The molecule has 136 valence electrons. The smallest absolute Gasteiger partial charge is 0.387 e. The molecule has 1 heterocycles. The van der Waals surface area contributed by atoms with Gasteiger partial charge in [-0.15, -0.1) is 11.3 Å². The van der Waals surface area contributed by atoms with Crippen LogP contribution in [0.2, 0.25) is 0 Å². The number of nitrogens with zero attached hydrogens (tertiary/aromatic N) is 2. The number of anilines is 1. The van der Waals surface area contributed by atoms with Crippen molar-refractivity contribution in [1.82, 2.24) is 9.88 Å². The lowest BCUT2D eigenvalue weighted by atomic mass is 10.3. The van der Waals surface area contributed by atoms with Crippen LogP contribution in [0.25, 0.3) is 10.2 Å². The van der Waals surface area contributed by atoms with E-state index in [1.165, 1.54) is 24.3 Å². The van der Waals surface area contributed by atoms with E-state index < -0.39 is 6.61 Å². The lowest BCUT2D eigenvalue weighted by Gasteiger charge is -2.15. The first-order valence-corrected chi connectivity index (χ1v) is 8.69. The van der Waals surface area contributed by atoms with Gasteiger partial charge < -0.3 is 10.1 Å². The number of likely N-dealkylation sites (N-methyl/N-ethyl adjacent to an activating group) is 1. The number of halogens is 2. The van der Waals surface area contributed by atoms with Crippen molar-refractivity contribution < 1.29 is 18.3 Å². The van der Waals surface area contributed by atoms with Crippen molar-refractivity contribution in [3.05, 3.63) is 53.5 Å². The van der Waals surface area contributed by atoms with Crippen molar-refractivity contribution in [3.63, 3.8) is 0 Å². The summed E-state index contributed by atoms with van der Waals surface area (Å²) in [6.07, 6.45) is 0. The molecule has 1 amide bonds. The fourth-order valence-electron chi connectivity index (χ4n) is 2.44. The van der Waals surface area contributed by atoms with Gasteiger partial charge in [-0.2, -0.15) is 8.78 Å². The summed E-state index contributed by atoms with van der Waals surface area (Å²) < 4.78 is 29.6. The Morgan fingerprint density at radius 3 is 2.65 bits per heavy atom. The van der Waals surface area contributed by atoms with Gasteiger partial charge in [-0.3, -0.25) is 9.69 Å². The summed E-state index contributed by atoms with van der Waals surface area (Å²) in [6.45, 7) is -2.12. The molecule has 8 heteroatoms. The van der Waals surface area contributed by atoms with Crippen LogP contribution < -0.4 is 10.1 Å². The SMILES string of the molecule is CN(CC(=O)Nc1ccc(OC(F)F)cc1)Cc1nc2ccccc2s1. The number of carbonyl (C=O) groups excluding carboxylic acids is 1. The topological polar surface area (TPSA) is 54.5 Å². The van der Waals surface area contributed by atoms with Gasteiger partial charge in [0.1, 0.15) is 10.8 Å². The molecule has 0 aliphatic heterocycles. The summed E-state index contributed by atoms with van der Waals surface area (Å²) in [6, 6.07) is 13.7. The van der Waals surface area contributed by atoms with Crippen molar-refractivity contribution in [1.29, 1.82) is 0 Å². The summed E-state index contributed by atoms with van der Waals surface area (Å²) in [5.41, 5.74) is 1.47. The van der Waals surface area contributed by atoms with Gasteiger partial charge >= 0.3 is 6.61 Å². The number of para-hydroxylation sites is 1. The van der Waals surface area contributed by atoms with Crippen molar-refractivity contribution >= 4 is 33.1 Å². The predicted octanol–water partition coefficient (Wildman–Crippen LogP) is 3.97. The van der Waals surface area contributed by atoms with Crippen LogP contribution in [0.4, 0.5) is 14.5 Å². The van der Waals surface area contributed by atoms with Crippen LogP contribution >= 0.6 is 11.3 Å². The number of hydrogen-bond acceptors (Lipinski definition) is 5. The molecule has 1 N–H and O–H groups in total. The molecule has 0 bridgehead atoms. The number of hydrogen-bond donors (Lipinski definition) is 1. The maximum absolute atomic E-state index is 12.1. The van der Waals surface area contributed by atoms with Gasteiger partial charge in [-0.25, -0.2) is 4.98 Å². The van der Waals surface area contributed by atoms with Crippen molar-refractivity contribution in [2.45, 2.75) is 13.2 Å². The number of benzene rings is 2. The molecule has 26 heavy (non-hydrogen) atoms. The molecule has 0 spiro atoms. The van der Waals surface area contributed by atoms with Gasteiger partial charge in [0, 0.05) is 5.69 Å². The Bertz CT molecular complexity index is 851. The van der Waals surface area contributed by atoms with E-state index in [0.29, 0.717) is 12.2 Å². The quantitative estimate of drug-likeness (QED) is 0.677. The van der Waals surface area contributed by atoms with E-state index in [0.717, 1.165) is 15.2 Å². The molecular formula is C18H17F2N3O2S. The number of ether oxygens (including phenoxy) is 1. The zero-order valence-corrected chi connectivity index (χ0v) is 14.8. The summed E-state index contributed by atoms with van der Waals surface area (Å²) in [4.78, 5) is 18.5. The second kappa shape index (κ2) is 8.20. The fourth-order valence-corrected chi connectivity index (χ4v) is 3.49. The van der Waals surface area contributed by atoms with E-state index in [9.17, 15) is 13.6 Å². The minimum Gasteiger partial charge on any atom is -0.435 e. The molecule has 1 aromatic heterocycles.